The highest BCUT2D eigenvalue weighted by Crippen LogP contribution is 2.23. The number of ether oxygens (including phenoxy) is 6. The Labute approximate surface area is 541 Å². The average molecular weight is 1330 g/mol. The van der Waals surface area contributed by atoms with E-state index in [-0.39, 0.29) is 70.8 Å². The lowest BCUT2D eigenvalue weighted by molar-refractivity contribution is -0.561. The van der Waals surface area contributed by atoms with E-state index in [0.29, 0.717) is 51.4 Å². The standard InChI is InChI=1S/C15H29NO4.C14H26N2O6.C13H24N2O6.C9H18N2O4.C8H16N2O4/c1-14(2,3)20-12(17)10-11(13(18)19-6)8-7-9-15(4,5)16;1-13(2,3)22-12(18)15-10(11(17)21-6)8-7-9-14(4,5)16(19)20;1-12(2,3)21-11(18)14-9(10(16)17)7-6-8-13(4,5)15(19)20;1-9(2,11(13)14)6-4-5-7(10)8(12)15-3;1-8(2,10(13)14)5-3-4-6(9)7(11)12/h11H,7-10,16H2,1-6H3;10H,7-9H2,1-6H3,(H,15,18);9H,6-8H2,1-5H3,(H,14,18)(H,16,17);7H,4-6,10H2,1-3H3;6H,3-5,9H2,1-2H3,(H,11,12)/t11-;10-;9-;7-;6-/m10000/s1. The molecule has 0 aliphatic heterocycles. The maximum absolute atomic E-state index is 11.8. The van der Waals surface area contributed by atoms with E-state index in [2.05, 4.69) is 20.1 Å². The molecule has 0 spiro atoms. The van der Waals surface area contributed by atoms with E-state index in [1.165, 1.54) is 62.9 Å². The van der Waals surface area contributed by atoms with Crippen LogP contribution in [0, 0.1) is 46.4 Å². The minimum atomic E-state index is -1.19. The molecular weight excluding hydrogens is 1220 g/mol. The van der Waals surface area contributed by atoms with Crippen molar-refractivity contribution in [3.63, 3.8) is 0 Å². The fourth-order valence-corrected chi connectivity index (χ4v) is 7.15. The lowest BCUT2D eigenvalue weighted by Gasteiger charge is -2.23. The van der Waals surface area contributed by atoms with Crippen LogP contribution < -0.4 is 27.8 Å². The molecule has 2 amide bonds. The number of esters is 4. The first-order chi connectivity index (χ1) is 41.3. The van der Waals surface area contributed by atoms with Crippen molar-refractivity contribution < 1.29 is 96.7 Å². The second-order valence-corrected chi connectivity index (χ2v) is 28.1. The number of alkyl carbamates (subject to hydrolysis) is 2. The highest BCUT2D eigenvalue weighted by atomic mass is 16.6. The smallest absolute Gasteiger partial charge is 0.408 e. The van der Waals surface area contributed by atoms with Gasteiger partial charge >= 0.3 is 48.0 Å². The van der Waals surface area contributed by atoms with Crippen LogP contribution in [0.1, 0.15) is 234 Å². The lowest BCUT2D eigenvalue weighted by Crippen LogP contribution is -2.44. The van der Waals surface area contributed by atoms with Gasteiger partial charge in [-0.2, -0.15) is 0 Å². The number of aliphatic carboxylic acids is 2. The summed E-state index contributed by atoms with van der Waals surface area (Å²) in [6, 6.07) is -3.61. The van der Waals surface area contributed by atoms with Crippen molar-refractivity contribution in [2.45, 2.75) is 303 Å². The van der Waals surface area contributed by atoms with Gasteiger partial charge in [-0.3, -0.25) is 59.6 Å². The number of hydrogen-bond acceptors (Lipinski definition) is 25. The number of nitrogens with one attached hydrogen (secondary N) is 2. The van der Waals surface area contributed by atoms with Crippen molar-refractivity contribution in [3.05, 3.63) is 40.5 Å². The van der Waals surface area contributed by atoms with E-state index in [1.807, 2.05) is 13.8 Å². The minimum Gasteiger partial charge on any atom is -0.480 e. The first-order valence-electron chi connectivity index (χ1n) is 30.0. The van der Waals surface area contributed by atoms with Gasteiger partial charge in [0, 0.05) is 106 Å². The van der Waals surface area contributed by atoms with E-state index in [1.54, 1.807) is 76.2 Å². The number of methoxy groups -OCH3 is 3. The minimum absolute atomic E-state index is 0.0505. The van der Waals surface area contributed by atoms with Crippen molar-refractivity contribution in [1.29, 1.82) is 0 Å². The Morgan fingerprint density at radius 1 is 0.413 bits per heavy atom. The van der Waals surface area contributed by atoms with Gasteiger partial charge in [0.2, 0.25) is 22.2 Å². The number of nitro groups is 4. The molecule has 538 valence electrons. The first kappa shape index (κ1) is 93.6. The van der Waals surface area contributed by atoms with Crippen LogP contribution in [-0.4, -0.2) is 168 Å². The summed E-state index contributed by atoms with van der Waals surface area (Å²) < 4.78 is 29.1. The number of carbonyl (C=O) groups is 8. The van der Waals surface area contributed by atoms with Crippen molar-refractivity contribution in [2.75, 3.05) is 21.3 Å². The predicted octanol–water partition coefficient (Wildman–Crippen LogP) is 8.22. The zero-order valence-electron chi connectivity index (χ0n) is 58.6. The number of nitrogens with two attached hydrogens (primary N) is 3. The molecule has 0 bridgehead atoms. The summed E-state index contributed by atoms with van der Waals surface area (Å²) >= 11 is 0. The van der Waals surface area contributed by atoms with Crippen LogP contribution in [0.5, 0.6) is 0 Å². The molecule has 33 nitrogen and oxygen atoms in total. The molecule has 0 rings (SSSR count). The van der Waals surface area contributed by atoms with E-state index in [4.69, 9.17) is 46.4 Å². The molecule has 0 aromatic carbocycles. The number of carboxylic acids is 2. The molecule has 0 saturated carbocycles. The summed E-state index contributed by atoms with van der Waals surface area (Å²) in [5.74, 6) is -4.55. The third-order valence-electron chi connectivity index (χ3n) is 12.9. The van der Waals surface area contributed by atoms with Crippen LogP contribution in [-0.2, 0) is 57.2 Å². The Balaban J connectivity index is -0.000000346. The summed E-state index contributed by atoms with van der Waals surface area (Å²) in [4.78, 5) is 132. The maximum atomic E-state index is 11.8. The molecule has 5 atom stereocenters. The molecule has 0 aromatic heterocycles. The third-order valence-corrected chi connectivity index (χ3v) is 12.9. The second-order valence-electron chi connectivity index (χ2n) is 28.1. The van der Waals surface area contributed by atoms with E-state index < -0.39 is 110 Å². The van der Waals surface area contributed by atoms with Crippen LogP contribution in [0.2, 0.25) is 0 Å². The van der Waals surface area contributed by atoms with E-state index >= 15 is 0 Å². The van der Waals surface area contributed by atoms with Gasteiger partial charge < -0.3 is 66.5 Å². The third kappa shape index (κ3) is 50.5. The van der Waals surface area contributed by atoms with Crippen LogP contribution in [0.15, 0.2) is 0 Å². The van der Waals surface area contributed by atoms with Crippen LogP contribution >= 0.6 is 0 Å². The molecule has 10 N–H and O–H groups in total. The highest BCUT2D eigenvalue weighted by Gasteiger charge is 2.35. The largest absolute Gasteiger partial charge is 0.480 e. The molecule has 0 saturated heterocycles. The van der Waals surface area contributed by atoms with Gasteiger partial charge in [-0.25, -0.2) is 19.2 Å². The zero-order chi connectivity index (χ0) is 73.8. The fourth-order valence-electron chi connectivity index (χ4n) is 7.15. The molecule has 0 aliphatic rings. The molecule has 0 radical (unpaired) electrons. The Kier molecular flexibility index (Phi) is 43.6. The monoisotopic (exact) mass is 1330 g/mol. The Hall–Kier alpha value is -7.16. The Morgan fingerprint density at radius 3 is 0.989 bits per heavy atom. The topological polar surface area (TPSA) is 507 Å². The van der Waals surface area contributed by atoms with Crippen molar-refractivity contribution in [2.24, 2.45) is 23.1 Å². The summed E-state index contributed by atoms with van der Waals surface area (Å²) in [7, 11) is 3.81. The number of carboxylic acid groups (broad SMARTS) is 2. The fraction of sp³-hybridized carbons (Fsp3) is 0.864. The SMILES string of the molecule is CC(C)(C)OC(=O)N[C@@H](CCCC(C)(C)[N+](=O)[O-])C(=O)O.CC(C)(CCC[C@H](N)C(=O)O)[N+](=O)[O-].COC(=O)[C@@H](N)CCCC(C)(C)[N+](=O)[O-].COC(=O)[C@H](CCCC(C)(C)N)CC(=O)OC(C)(C)C.COC(=O)[C@H](CCCC(C)(C)[N+](=O)[O-])NC(=O)OC(C)(C)C. The van der Waals surface area contributed by atoms with Crippen molar-refractivity contribution in [1.82, 2.24) is 10.6 Å². The molecule has 33 heteroatoms. The number of rotatable bonds is 33. The van der Waals surface area contributed by atoms with Crippen LogP contribution in [0.25, 0.3) is 0 Å². The summed E-state index contributed by atoms with van der Waals surface area (Å²) in [5.41, 5.74) is 10.3. The Bertz CT molecular complexity index is 2340. The van der Waals surface area contributed by atoms with Gasteiger partial charge in [-0.1, -0.05) is 6.42 Å². The van der Waals surface area contributed by atoms with Crippen LogP contribution in [0.3, 0.4) is 0 Å². The molecular formula is C59H113N9O24. The average Bonchev–Trinajstić information content (AvgIpc) is 1.10. The Morgan fingerprint density at radius 2 is 0.707 bits per heavy atom. The quantitative estimate of drug-likeness (QED) is 0.0141. The number of nitrogens with zero attached hydrogens (tertiary/aromatic N) is 4. The molecule has 0 heterocycles. The first-order valence-corrected chi connectivity index (χ1v) is 30.0. The molecule has 0 fully saturated rings. The van der Waals surface area contributed by atoms with Crippen molar-refractivity contribution in [3.8, 4) is 0 Å². The second kappa shape index (κ2) is 42.9. The van der Waals surface area contributed by atoms with Gasteiger partial charge in [-0.15, -0.1) is 0 Å². The zero-order valence-corrected chi connectivity index (χ0v) is 58.6. The maximum Gasteiger partial charge on any atom is 0.408 e. The van der Waals surface area contributed by atoms with Gasteiger partial charge in [0.25, 0.3) is 0 Å². The molecule has 92 heavy (non-hydrogen) atoms. The lowest BCUT2D eigenvalue weighted by atomic mass is 9.92. The van der Waals surface area contributed by atoms with Gasteiger partial charge in [0.1, 0.15) is 41.0 Å². The van der Waals surface area contributed by atoms with Gasteiger partial charge in [0.05, 0.1) is 33.7 Å². The summed E-state index contributed by atoms with van der Waals surface area (Å²) in [6.07, 6.45) is 4.57. The summed E-state index contributed by atoms with van der Waals surface area (Å²) in [5, 5.41) is 64.9. The highest BCUT2D eigenvalue weighted by molar-refractivity contribution is 5.82. The normalized spacial score (nSPS) is 13.4. The predicted molar refractivity (Wildman–Crippen MR) is 339 cm³/mol. The van der Waals surface area contributed by atoms with Gasteiger partial charge in [-0.05, 0) is 140 Å². The number of hydrogen-bond donors (Lipinski definition) is 7. The van der Waals surface area contributed by atoms with Crippen LogP contribution in [0.4, 0.5) is 9.59 Å². The van der Waals surface area contributed by atoms with Gasteiger partial charge in [0.15, 0.2) is 0 Å². The number of carbonyl (C=O) groups excluding carboxylic acids is 6. The molecule has 0 aromatic rings. The number of amides is 2. The molecule has 0 unspecified atom stereocenters. The molecule has 0 aliphatic carbocycles. The van der Waals surface area contributed by atoms with E-state index in [0.717, 1.165) is 12.8 Å². The van der Waals surface area contributed by atoms with E-state index in [9.17, 15) is 78.8 Å². The summed E-state index contributed by atoms with van der Waals surface area (Å²) in [6.45, 7) is 31.5. The van der Waals surface area contributed by atoms with Crippen molar-refractivity contribution >= 4 is 48.0 Å².